The summed E-state index contributed by atoms with van der Waals surface area (Å²) >= 11 is 0. The summed E-state index contributed by atoms with van der Waals surface area (Å²) in [4.78, 5) is 0. The minimum absolute atomic E-state index is 0.00880. The molecule has 0 aromatic rings. The van der Waals surface area contributed by atoms with Crippen LogP contribution in [0.25, 0.3) is 0 Å². The van der Waals surface area contributed by atoms with Crippen LogP contribution in [0.2, 0.25) is 0 Å². The van der Waals surface area contributed by atoms with E-state index in [1.54, 1.807) is 0 Å². The van der Waals surface area contributed by atoms with E-state index in [0.717, 1.165) is 24.9 Å². The van der Waals surface area contributed by atoms with E-state index in [2.05, 4.69) is 26.1 Å². The smallest absolute Gasteiger partial charge is 0.0109 e. The fourth-order valence-electron chi connectivity index (χ4n) is 1.19. The van der Waals surface area contributed by atoms with E-state index in [0.29, 0.717) is 0 Å². The van der Waals surface area contributed by atoms with Crippen LogP contribution >= 0.6 is 0 Å². The van der Waals surface area contributed by atoms with Crippen molar-refractivity contribution in [3.05, 3.63) is 0 Å². The maximum atomic E-state index is 5.84. The van der Waals surface area contributed by atoms with Crippen LogP contribution in [0.5, 0.6) is 0 Å². The maximum Gasteiger partial charge on any atom is 0.0109 e. The zero-order chi connectivity index (χ0) is 8.48. The van der Waals surface area contributed by atoms with Gasteiger partial charge in [0.25, 0.3) is 0 Å². The average molecular weight is 156 g/mol. The predicted molar refractivity (Wildman–Crippen MR) is 48.5 cm³/mol. The van der Waals surface area contributed by atoms with E-state index in [-0.39, 0.29) is 5.54 Å². The van der Waals surface area contributed by atoms with Gasteiger partial charge in [0.1, 0.15) is 0 Å². The minimum atomic E-state index is -0.00880. The first-order chi connectivity index (χ1) is 4.99. The lowest BCUT2D eigenvalue weighted by Crippen LogP contribution is -2.36. The Morgan fingerprint density at radius 1 is 1.55 bits per heavy atom. The van der Waals surface area contributed by atoms with Gasteiger partial charge in [0, 0.05) is 11.6 Å². The summed E-state index contributed by atoms with van der Waals surface area (Å²) in [6, 6.07) is 0.789. The maximum absolute atomic E-state index is 5.84. The molecule has 0 aromatic carbocycles. The van der Waals surface area contributed by atoms with Crippen LogP contribution in [-0.2, 0) is 0 Å². The summed E-state index contributed by atoms with van der Waals surface area (Å²) in [5.74, 6) is 0.899. The Labute approximate surface area is 69.5 Å². The van der Waals surface area contributed by atoms with Gasteiger partial charge in [0.15, 0.2) is 0 Å². The molecule has 1 saturated carbocycles. The van der Waals surface area contributed by atoms with Crippen LogP contribution < -0.4 is 11.1 Å². The van der Waals surface area contributed by atoms with E-state index < -0.39 is 0 Å². The SMILES string of the molecule is CC1CC1NCCC(C)(C)N. The van der Waals surface area contributed by atoms with Gasteiger partial charge >= 0.3 is 0 Å². The van der Waals surface area contributed by atoms with Crippen molar-refractivity contribution in [2.45, 2.75) is 45.2 Å². The second kappa shape index (κ2) is 3.11. The molecule has 0 heterocycles. The topological polar surface area (TPSA) is 38.0 Å². The van der Waals surface area contributed by atoms with Crippen molar-refractivity contribution in [1.82, 2.24) is 5.32 Å². The van der Waals surface area contributed by atoms with Gasteiger partial charge < -0.3 is 11.1 Å². The van der Waals surface area contributed by atoms with Gasteiger partial charge in [0.05, 0.1) is 0 Å². The monoisotopic (exact) mass is 156 g/mol. The Kier molecular flexibility index (Phi) is 2.55. The molecule has 0 saturated heterocycles. The third-order valence-corrected chi connectivity index (χ3v) is 2.29. The first-order valence-corrected chi connectivity index (χ1v) is 4.51. The molecular formula is C9H20N2. The Balaban J connectivity index is 1.97. The molecule has 0 aliphatic heterocycles. The molecule has 11 heavy (non-hydrogen) atoms. The average Bonchev–Trinajstić information content (AvgIpc) is 2.43. The van der Waals surface area contributed by atoms with E-state index in [1.165, 1.54) is 6.42 Å². The lowest BCUT2D eigenvalue weighted by molar-refractivity contribution is 0.451. The van der Waals surface area contributed by atoms with Crippen LogP contribution in [0.15, 0.2) is 0 Å². The molecule has 0 bridgehead atoms. The Hall–Kier alpha value is -0.0800. The van der Waals surface area contributed by atoms with Crippen molar-refractivity contribution in [2.75, 3.05) is 6.54 Å². The molecule has 1 fully saturated rings. The van der Waals surface area contributed by atoms with Crippen molar-refractivity contribution < 1.29 is 0 Å². The van der Waals surface area contributed by atoms with Gasteiger partial charge in [-0.25, -0.2) is 0 Å². The molecule has 2 nitrogen and oxygen atoms in total. The number of nitrogens with one attached hydrogen (secondary N) is 1. The van der Waals surface area contributed by atoms with Gasteiger partial charge in [-0.15, -0.1) is 0 Å². The molecule has 0 amide bonds. The van der Waals surface area contributed by atoms with Crippen molar-refractivity contribution in [3.63, 3.8) is 0 Å². The van der Waals surface area contributed by atoms with E-state index in [9.17, 15) is 0 Å². The largest absolute Gasteiger partial charge is 0.326 e. The van der Waals surface area contributed by atoms with Gasteiger partial charge in [-0.2, -0.15) is 0 Å². The third kappa shape index (κ3) is 3.73. The van der Waals surface area contributed by atoms with Crippen LogP contribution in [-0.4, -0.2) is 18.1 Å². The zero-order valence-electron chi connectivity index (χ0n) is 7.85. The van der Waals surface area contributed by atoms with Crippen molar-refractivity contribution in [1.29, 1.82) is 0 Å². The molecule has 3 N–H and O–H groups in total. The molecule has 0 radical (unpaired) electrons. The second-order valence-corrected chi connectivity index (χ2v) is 4.51. The fourth-order valence-corrected chi connectivity index (χ4v) is 1.19. The first-order valence-electron chi connectivity index (χ1n) is 4.51. The molecule has 2 heteroatoms. The minimum Gasteiger partial charge on any atom is -0.326 e. The standard InChI is InChI=1S/C9H20N2/c1-7-6-8(7)11-5-4-9(2,3)10/h7-8,11H,4-6,10H2,1-3H3. The molecule has 66 valence electrons. The summed E-state index contributed by atoms with van der Waals surface area (Å²) in [6.45, 7) is 7.50. The Morgan fingerprint density at radius 2 is 2.09 bits per heavy atom. The molecule has 0 aromatic heterocycles. The molecular weight excluding hydrogens is 136 g/mol. The Bertz CT molecular complexity index is 126. The molecule has 1 aliphatic carbocycles. The lowest BCUT2D eigenvalue weighted by Gasteiger charge is -2.18. The first kappa shape index (κ1) is 9.01. The fraction of sp³-hybridized carbons (Fsp3) is 1.00. The van der Waals surface area contributed by atoms with Gasteiger partial charge in [-0.05, 0) is 39.2 Å². The molecule has 1 rings (SSSR count). The van der Waals surface area contributed by atoms with Crippen LogP contribution in [0, 0.1) is 5.92 Å². The van der Waals surface area contributed by atoms with Gasteiger partial charge in [-0.1, -0.05) is 6.92 Å². The summed E-state index contributed by atoms with van der Waals surface area (Å²) in [5.41, 5.74) is 5.83. The highest BCUT2D eigenvalue weighted by Crippen LogP contribution is 2.28. The molecule has 1 aliphatic rings. The van der Waals surface area contributed by atoms with Crippen molar-refractivity contribution in [3.8, 4) is 0 Å². The normalized spacial score (nSPS) is 30.5. The van der Waals surface area contributed by atoms with E-state index in [4.69, 9.17) is 5.73 Å². The zero-order valence-corrected chi connectivity index (χ0v) is 7.85. The van der Waals surface area contributed by atoms with Gasteiger partial charge in [0.2, 0.25) is 0 Å². The lowest BCUT2D eigenvalue weighted by atomic mass is 10.0. The highest BCUT2D eigenvalue weighted by molar-refractivity contribution is 4.90. The summed E-state index contributed by atoms with van der Waals surface area (Å²) < 4.78 is 0. The van der Waals surface area contributed by atoms with E-state index in [1.807, 2.05) is 0 Å². The predicted octanol–water partition coefficient (Wildman–Crippen LogP) is 1.11. The summed E-state index contributed by atoms with van der Waals surface area (Å²) in [5, 5.41) is 3.48. The molecule has 2 atom stereocenters. The van der Waals surface area contributed by atoms with Crippen molar-refractivity contribution in [2.24, 2.45) is 11.7 Å². The summed E-state index contributed by atoms with van der Waals surface area (Å²) in [7, 11) is 0. The highest BCUT2D eigenvalue weighted by Gasteiger charge is 2.31. The van der Waals surface area contributed by atoms with Gasteiger partial charge in [-0.3, -0.25) is 0 Å². The molecule has 2 unspecified atom stereocenters. The quantitative estimate of drug-likeness (QED) is 0.640. The third-order valence-electron chi connectivity index (χ3n) is 2.29. The van der Waals surface area contributed by atoms with E-state index >= 15 is 0 Å². The number of hydrogen-bond acceptors (Lipinski definition) is 2. The second-order valence-electron chi connectivity index (χ2n) is 4.51. The molecule has 0 spiro atoms. The summed E-state index contributed by atoms with van der Waals surface area (Å²) in [6.07, 6.45) is 2.42. The van der Waals surface area contributed by atoms with Crippen LogP contribution in [0.4, 0.5) is 0 Å². The number of nitrogens with two attached hydrogens (primary N) is 1. The van der Waals surface area contributed by atoms with Crippen LogP contribution in [0.1, 0.15) is 33.6 Å². The van der Waals surface area contributed by atoms with Crippen molar-refractivity contribution >= 4 is 0 Å². The Morgan fingerprint density at radius 3 is 2.45 bits per heavy atom. The highest BCUT2D eigenvalue weighted by atomic mass is 15.0. The number of hydrogen-bond donors (Lipinski definition) is 2. The number of rotatable bonds is 4. The van der Waals surface area contributed by atoms with Crippen LogP contribution in [0.3, 0.4) is 0 Å².